The van der Waals surface area contributed by atoms with Gasteiger partial charge in [0.2, 0.25) is 0 Å². The normalized spacial score (nSPS) is 10.6. The molecule has 1 aromatic heterocycles. The van der Waals surface area contributed by atoms with Crippen LogP contribution in [0.2, 0.25) is 0 Å². The molecule has 0 amide bonds. The summed E-state index contributed by atoms with van der Waals surface area (Å²) in [6.07, 6.45) is 1.75. The summed E-state index contributed by atoms with van der Waals surface area (Å²) < 4.78 is 14.4. The van der Waals surface area contributed by atoms with E-state index in [2.05, 4.69) is 10.3 Å². The van der Waals surface area contributed by atoms with Crippen molar-refractivity contribution in [2.24, 2.45) is 0 Å². The molecule has 5 heteroatoms. The maximum absolute atomic E-state index is 12.8. The molecule has 0 spiro atoms. The summed E-state index contributed by atoms with van der Waals surface area (Å²) in [5.74, 6) is -0.0858. The van der Waals surface area contributed by atoms with Crippen LogP contribution in [-0.2, 0) is 0 Å². The maximum Gasteiger partial charge on any atom is 0.123 e. The van der Waals surface area contributed by atoms with Crippen molar-refractivity contribution >= 4 is 0 Å². The van der Waals surface area contributed by atoms with E-state index in [1.165, 1.54) is 12.1 Å². The van der Waals surface area contributed by atoms with Crippen molar-refractivity contribution in [2.75, 3.05) is 0 Å². The van der Waals surface area contributed by atoms with Crippen molar-refractivity contribution in [1.29, 1.82) is 0 Å². The second-order valence-electron chi connectivity index (χ2n) is 4.07. The molecule has 0 aliphatic carbocycles. The minimum atomic E-state index is -0.283. The Balaban J connectivity index is 1.95. The zero-order valence-corrected chi connectivity index (χ0v) is 9.86. The van der Waals surface area contributed by atoms with Crippen LogP contribution in [-0.4, -0.2) is 20.1 Å². The average molecular weight is 255 g/mol. The maximum atomic E-state index is 12.8. The number of phenols is 1. The first-order valence-corrected chi connectivity index (χ1v) is 5.70. The Kier molecular flexibility index (Phi) is 2.72. The fourth-order valence-corrected chi connectivity index (χ4v) is 1.75. The summed E-state index contributed by atoms with van der Waals surface area (Å²) in [4.78, 5) is 0. The van der Waals surface area contributed by atoms with Gasteiger partial charge >= 0.3 is 0 Å². The van der Waals surface area contributed by atoms with Gasteiger partial charge in [0.1, 0.15) is 17.3 Å². The summed E-state index contributed by atoms with van der Waals surface area (Å²) in [7, 11) is 0. The van der Waals surface area contributed by atoms with E-state index in [1.807, 2.05) is 0 Å². The van der Waals surface area contributed by atoms with Crippen LogP contribution in [0.5, 0.6) is 5.75 Å². The Morgan fingerprint density at radius 2 is 1.63 bits per heavy atom. The Hall–Kier alpha value is -2.69. The number of rotatable bonds is 2. The number of hydrogen-bond donors (Lipinski definition) is 1. The van der Waals surface area contributed by atoms with Crippen molar-refractivity contribution in [3.63, 3.8) is 0 Å². The lowest BCUT2D eigenvalue weighted by molar-refractivity contribution is 0.475. The summed E-state index contributed by atoms with van der Waals surface area (Å²) in [5, 5.41) is 17.3. The fraction of sp³-hybridized carbons (Fsp3) is 0. The van der Waals surface area contributed by atoms with Crippen LogP contribution < -0.4 is 0 Å². The zero-order chi connectivity index (χ0) is 13.2. The minimum absolute atomic E-state index is 0.197. The highest BCUT2D eigenvalue weighted by molar-refractivity contribution is 5.58. The Morgan fingerprint density at radius 3 is 2.32 bits per heavy atom. The van der Waals surface area contributed by atoms with E-state index < -0.39 is 0 Å². The van der Waals surface area contributed by atoms with Gasteiger partial charge in [0.15, 0.2) is 0 Å². The molecule has 0 radical (unpaired) electrons. The van der Waals surface area contributed by atoms with Crippen LogP contribution in [0.15, 0.2) is 54.7 Å². The number of aromatic nitrogens is 3. The van der Waals surface area contributed by atoms with E-state index in [1.54, 1.807) is 47.3 Å². The number of hydrogen-bond acceptors (Lipinski definition) is 3. The summed E-state index contributed by atoms with van der Waals surface area (Å²) in [6, 6.07) is 12.7. The van der Waals surface area contributed by atoms with Crippen LogP contribution in [0.25, 0.3) is 16.9 Å². The average Bonchev–Trinajstić information content (AvgIpc) is 2.90. The number of halogens is 1. The molecule has 3 rings (SSSR count). The standard InChI is InChI=1S/C14H10FN3O/c15-11-3-1-10(2-4-11)14-9-18(17-16-14)12-5-7-13(19)8-6-12/h1-9,19H. The second kappa shape index (κ2) is 4.53. The van der Waals surface area contributed by atoms with Gasteiger partial charge in [0.25, 0.3) is 0 Å². The first kappa shape index (κ1) is 11.4. The van der Waals surface area contributed by atoms with Gasteiger partial charge in [-0.3, -0.25) is 0 Å². The van der Waals surface area contributed by atoms with E-state index in [-0.39, 0.29) is 11.6 Å². The Bertz CT molecular complexity index is 629. The molecule has 1 heterocycles. The summed E-state index contributed by atoms with van der Waals surface area (Å²) >= 11 is 0. The Morgan fingerprint density at radius 1 is 0.947 bits per heavy atom. The monoisotopic (exact) mass is 255 g/mol. The van der Waals surface area contributed by atoms with Crippen molar-refractivity contribution in [3.8, 4) is 22.7 Å². The van der Waals surface area contributed by atoms with E-state index in [4.69, 9.17) is 0 Å². The zero-order valence-electron chi connectivity index (χ0n) is 9.86. The van der Waals surface area contributed by atoms with Crippen LogP contribution >= 0.6 is 0 Å². The van der Waals surface area contributed by atoms with Crippen LogP contribution in [0, 0.1) is 5.82 Å². The largest absolute Gasteiger partial charge is 0.508 e. The van der Waals surface area contributed by atoms with E-state index in [0.717, 1.165) is 11.3 Å². The van der Waals surface area contributed by atoms with Crippen LogP contribution in [0.1, 0.15) is 0 Å². The van der Waals surface area contributed by atoms with Gasteiger partial charge in [-0.2, -0.15) is 0 Å². The third-order valence-electron chi connectivity index (χ3n) is 2.75. The molecule has 0 aliphatic heterocycles. The predicted octanol–water partition coefficient (Wildman–Crippen LogP) is 2.78. The molecule has 2 aromatic carbocycles. The highest BCUT2D eigenvalue weighted by Gasteiger charge is 2.05. The molecule has 1 N–H and O–H groups in total. The molecule has 0 saturated carbocycles. The second-order valence-corrected chi connectivity index (χ2v) is 4.07. The lowest BCUT2D eigenvalue weighted by Crippen LogP contribution is -1.93. The Labute approximate surface area is 108 Å². The molecule has 19 heavy (non-hydrogen) atoms. The van der Waals surface area contributed by atoms with Crippen molar-refractivity contribution in [2.45, 2.75) is 0 Å². The molecule has 0 atom stereocenters. The van der Waals surface area contributed by atoms with Gasteiger partial charge in [-0.05, 0) is 48.5 Å². The molecular weight excluding hydrogens is 245 g/mol. The molecule has 0 bridgehead atoms. The molecule has 3 aromatic rings. The van der Waals surface area contributed by atoms with Gasteiger partial charge in [0, 0.05) is 5.56 Å². The molecular formula is C14H10FN3O. The predicted molar refractivity (Wildman–Crippen MR) is 68.4 cm³/mol. The van der Waals surface area contributed by atoms with Gasteiger partial charge in [-0.1, -0.05) is 5.21 Å². The smallest absolute Gasteiger partial charge is 0.123 e. The van der Waals surface area contributed by atoms with Crippen molar-refractivity contribution < 1.29 is 9.50 Å². The number of aromatic hydroxyl groups is 1. The van der Waals surface area contributed by atoms with Crippen molar-refractivity contribution in [3.05, 3.63) is 60.5 Å². The fourth-order valence-electron chi connectivity index (χ4n) is 1.75. The van der Waals surface area contributed by atoms with E-state index >= 15 is 0 Å². The van der Waals surface area contributed by atoms with Gasteiger partial charge in [-0.25, -0.2) is 9.07 Å². The highest BCUT2D eigenvalue weighted by Crippen LogP contribution is 2.19. The van der Waals surface area contributed by atoms with Gasteiger partial charge < -0.3 is 5.11 Å². The van der Waals surface area contributed by atoms with E-state index in [0.29, 0.717) is 5.69 Å². The quantitative estimate of drug-likeness (QED) is 0.766. The molecule has 94 valence electrons. The SMILES string of the molecule is Oc1ccc(-n2cc(-c3ccc(F)cc3)nn2)cc1. The van der Waals surface area contributed by atoms with Gasteiger partial charge in [-0.15, -0.1) is 5.10 Å². The first-order chi connectivity index (χ1) is 9.22. The van der Waals surface area contributed by atoms with Crippen LogP contribution in [0.4, 0.5) is 4.39 Å². The number of phenolic OH excluding ortho intramolecular Hbond substituents is 1. The highest BCUT2D eigenvalue weighted by atomic mass is 19.1. The topological polar surface area (TPSA) is 50.9 Å². The lowest BCUT2D eigenvalue weighted by Gasteiger charge is -1.99. The molecule has 4 nitrogen and oxygen atoms in total. The van der Waals surface area contributed by atoms with E-state index in [9.17, 15) is 9.50 Å². The molecule has 0 fully saturated rings. The molecule has 0 unspecified atom stereocenters. The van der Waals surface area contributed by atoms with Gasteiger partial charge in [0.05, 0.1) is 11.9 Å². The van der Waals surface area contributed by atoms with Crippen molar-refractivity contribution in [1.82, 2.24) is 15.0 Å². The first-order valence-electron chi connectivity index (χ1n) is 5.70. The number of nitrogens with zero attached hydrogens (tertiary/aromatic N) is 3. The summed E-state index contributed by atoms with van der Waals surface area (Å²) in [6.45, 7) is 0. The minimum Gasteiger partial charge on any atom is -0.508 e. The van der Waals surface area contributed by atoms with Crippen LogP contribution in [0.3, 0.4) is 0 Å². The third kappa shape index (κ3) is 2.30. The third-order valence-corrected chi connectivity index (χ3v) is 2.75. The molecule has 0 aliphatic rings. The lowest BCUT2D eigenvalue weighted by atomic mass is 10.2. The summed E-state index contributed by atoms with van der Waals surface area (Å²) in [5.41, 5.74) is 2.25. The molecule has 0 saturated heterocycles. The number of benzene rings is 2.